The van der Waals surface area contributed by atoms with E-state index in [0.717, 1.165) is 57.5 Å². The summed E-state index contributed by atoms with van der Waals surface area (Å²) in [4.78, 5) is 16.1. The SMILES string of the molecule is CCCN1CCN(c2ccc(N3C(N)=NC(N)=NC34CCCCC4)cc2)CC1. The molecule has 7 nitrogen and oxygen atoms in total. The highest BCUT2D eigenvalue weighted by Crippen LogP contribution is 2.39. The highest BCUT2D eigenvalue weighted by molar-refractivity contribution is 6.05. The molecular weight excluding hydrogens is 350 g/mol. The number of hydrogen-bond acceptors (Lipinski definition) is 7. The quantitative estimate of drug-likeness (QED) is 0.833. The molecule has 2 fully saturated rings. The summed E-state index contributed by atoms with van der Waals surface area (Å²) in [5, 5.41) is 0. The van der Waals surface area contributed by atoms with Crippen LogP contribution in [0.5, 0.6) is 0 Å². The first-order valence-electron chi connectivity index (χ1n) is 10.7. The van der Waals surface area contributed by atoms with Crippen molar-refractivity contribution in [3.05, 3.63) is 24.3 Å². The number of nitrogens with two attached hydrogens (primary N) is 2. The van der Waals surface area contributed by atoms with Gasteiger partial charge in [-0.1, -0.05) is 13.3 Å². The largest absolute Gasteiger partial charge is 0.369 e. The van der Waals surface area contributed by atoms with Crippen LogP contribution in [0.25, 0.3) is 0 Å². The van der Waals surface area contributed by atoms with E-state index in [1.165, 1.54) is 25.1 Å². The summed E-state index contributed by atoms with van der Waals surface area (Å²) in [7, 11) is 0. The van der Waals surface area contributed by atoms with Gasteiger partial charge in [0, 0.05) is 37.6 Å². The minimum absolute atomic E-state index is 0.303. The fourth-order valence-corrected chi connectivity index (χ4v) is 4.85. The minimum atomic E-state index is -0.374. The van der Waals surface area contributed by atoms with Gasteiger partial charge in [-0.2, -0.15) is 4.99 Å². The lowest BCUT2D eigenvalue weighted by atomic mass is 9.87. The first kappa shape index (κ1) is 19.1. The van der Waals surface area contributed by atoms with Crippen molar-refractivity contribution in [2.45, 2.75) is 51.1 Å². The molecule has 4 N–H and O–H groups in total. The third-order valence-electron chi connectivity index (χ3n) is 6.24. The maximum absolute atomic E-state index is 6.33. The van der Waals surface area contributed by atoms with Crippen molar-refractivity contribution in [2.75, 3.05) is 42.5 Å². The maximum atomic E-state index is 6.33. The van der Waals surface area contributed by atoms with Gasteiger partial charge in [0.25, 0.3) is 0 Å². The van der Waals surface area contributed by atoms with Gasteiger partial charge in [-0.3, -0.25) is 9.80 Å². The van der Waals surface area contributed by atoms with Crippen LogP contribution >= 0.6 is 0 Å². The van der Waals surface area contributed by atoms with E-state index in [-0.39, 0.29) is 5.66 Å². The maximum Gasteiger partial charge on any atom is 0.220 e. The Labute approximate surface area is 168 Å². The van der Waals surface area contributed by atoms with Gasteiger partial charge >= 0.3 is 0 Å². The number of guanidine groups is 2. The van der Waals surface area contributed by atoms with Crippen LogP contribution in [0, 0.1) is 0 Å². The second kappa shape index (κ2) is 7.99. The Morgan fingerprint density at radius 2 is 1.57 bits per heavy atom. The average Bonchev–Trinajstić information content (AvgIpc) is 2.69. The molecule has 0 bridgehead atoms. The molecule has 28 heavy (non-hydrogen) atoms. The zero-order chi connectivity index (χ0) is 19.6. The molecule has 4 rings (SSSR count). The van der Waals surface area contributed by atoms with Crippen LogP contribution in [0.2, 0.25) is 0 Å². The van der Waals surface area contributed by atoms with Gasteiger partial charge in [0.15, 0.2) is 0 Å². The van der Waals surface area contributed by atoms with Crippen molar-refractivity contribution < 1.29 is 0 Å². The van der Waals surface area contributed by atoms with Crippen LogP contribution in [0.4, 0.5) is 11.4 Å². The summed E-state index contributed by atoms with van der Waals surface area (Å²) in [6.07, 6.45) is 6.67. The number of hydrogen-bond donors (Lipinski definition) is 2. The Bertz CT molecular complexity index is 726. The predicted molar refractivity (Wildman–Crippen MR) is 117 cm³/mol. The van der Waals surface area contributed by atoms with Gasteiger partial charge in [0.2, 0.25) is 11.9 Å². The smallest absolute Gasteiger partial charge is 0.220 e. The van der Waals surface area contributed by atoms with E-state index in [1.54, 1.807) is 0 Å². The van der Waals surface area contributed by atoms with Crippen LogP contribution in [-0.2, 0) is 0 Å². The van der Waals surface area contributed by atoms with Gasteiger partial charge in [0.1, 0.15) is 5.66 Å². The van der Waals surface area contributed by atoms with Crippen molar-refractivity contribution in [2.24, 2.45) is 21.5 Å². The summed E-state index contributed by atoms with van der Waals surface area (Å²) < 4.78 is 0. The van der Waals surface area contributed by atoms with Crippen LogP contribution < -0.4 is 21.3 Å². The van der Waals surface area contributed by atoms with E-state index in [0.29, 0.717) is 11.9 Å². The molecule has 152 valence electrons. The fraction of sp³-hybridized carbons (Fsp3) is 0.619. The van der Waals surface area contributed by atoms with Gasteiger partial charge in [-0.05, 0) is 62.9 Å². The summed E-state index contributed by atoms with van der Waals surface area (Å²) in [6, 6.07) is 8.72. The molecule has 1 aliphatic carbocycles. The van der Waals surface area contributed by atoms with Crippen molar-refractivity contribution >= 4 is 23.3 Å². The predicted octanol–water partition coefficient (Wildman–Crippen LogP) is 2.33. The Morgan fingerprint density at radius 1 is 0.929 bits per heavy atom. The Kier molecular flexibility index (Phi) is 5.44. The highest BCUT2D eigenvalue weighted by atomic mass is 15.4. The monoisotopic (exact) mass is 383 g/mol. The number of benzene rings is 1. The Balaban J connectivity index is 1.52. The molecule has 0 unspecified atom stereocenters. The number of aliphatic imine (C=N–C) groups is 2. The van der Waals surface area contributed by atoms with E-state index in [4.69, 9.17) is 16.5 Å². The van der Waals surface area contributed by atoms with Gasteiger partial charge < -0.3 is 16.4 Å². The molecule has 1 spiro atoms. The van der Waals surface area contributed by atoms with E-state index >= 15 is 0 Å². The molecule has 0 radical (unpaired) electrons. The Hall–Kier alpha value is -2.28. The van der Waals surface area contributed by atoms with Crippen LogP contribution in [-0.4, -0.2) is 55.2 Å². The van der Waals surface area contributed by atoms with Crippen LogP contribution in [0.1, 0.15) is 45.4 Å². The first-order valence-corrected chi connectivity index (χ1v) is 10.7. The standard InChI is InChI=1S/C21H33N7/c1-2-12-26-13-15-27(16-14-26)17-6-8-18(9-7-17)28-20(23)24-19(22)25-21(28)10-4-3-5-11-21/h6-9H,2-5,10-16H2,1H3,(H4,22,23,24,25). The lowest BCUT2D eigenvalue weighted by Gasteiger charge is -2.45. The molecule has 2 heterocycles. The minimum Gasteiger partial charge on any atom is -0.369 e. The molecule has 1 aromatic rings. The number of piperazine rings is 1. The summed E-state index contributed by atoms with van der Waals surface area (Å²) >= 11 is 0. The first-order chi connectivity index (χ1) is 13.6. The second-order valence-electron chi connectivity index (χ2n) is 8.16. The number of nitrogens with zero attached hydrogens (tertiary/aromatic N) is 5. The molecule has 3 aliphatic rings. The number of rotatable bonds is 4. The van der Waals surface area contributed by atoms with E-state index in [2.05, 4.69) is 50.9 Å². The summed E-state index contributed by atoms with van der Waals surface area (Å²) in [5.41, 5.74) is 14.2. The summed E-state index contributed by atoms with van der Waals surface area (Å²) in [6.45, 7) is 7.88. The van der Waals surface area contributed by atoms with Crippen molar-refractivity contribution in [1.29, 1.82) is 0 Å². The van der Waals surface area contributed by atoms with Crippen molar-refractivity contribution in [3.63, 3.8) is 0 Å². The van der Waals surface area contributed by atoms with E-state index in [1.807, 2.05) is 0 Å². The molecule has 0 amide bonds. The third-order valence-corrected chi connectivity index (χ3v) is 6.24. The Morgan fingerprint density at radius 3 is 2.21 bits per heavy atom. The van der Waals surface area contributed by atoms with Gasteiger partial charge in [-0.15, -0.1) is 0 Å². The zero-order valence-corrected chi connectivity index (χ0v) is 17.0. The third kappa shape index (κ3) is 3.68. The molecular formula is C21H33N7. The molecule has 7 heteroatoms. The van der Waals surface area contributed by atoms with E-state index < -0.39 is 0 Å². The average molecular weight is 384 g/mol. The topological polar surface area (TPSA) is 86.5 Å². The molecule has 0 atom stereocenters. The lowest BCUT2D eigenvalue weighted by Crippen LogP contribution is -2.58. The zero-order valence-electron chi connectivity index (χ0n) is 17.0. The van der Waals surface area contributed by atoms with Crippen LogP contribution in [0.15, 0.2) is 34.3 Å². The van der Waals surface area contributed by atoms with Crippen molar-refractivity contribution in [3.8, 4) is 0 Å². The highest BCUT2D eigenvalue weighted by Gasteiger charge is 2.42. The molecule has 1 aromatic carbocycles. The number of anilines is 2. The van der Waals surface area contributed by atoms with Gasteiger partial charge in [-0.25, -0.2) is 4.99 Å². The molecule has 0 aromatic heterocycles. The molecule has 1 saturated carbocycles. The van der Waals surface area contributed by atoms with Crippen molar-refractivity contribution in [1.82, 2.24) is 4.90 Å². The van der Waals surface area contributed by atoms with Crippen LogP contribution in [0.3, 0.4) is 0 Å². The lowest BCUT2D eigenvalue weighted by molar-refractivity contribution is 0.258. The second-order valence-corrected chi connectivity index (χ2v) is 8.16. The fourth-order valence-electron chi connectivity index (χ4n) is 4.85. The normalized spacial score (nSPS) is 22.9. The molecule has 1 saturated heterocycles. The van der Waals surface area contributed by atoms with Gasteiger partial charge in [0.05, 0.1) is 0 Å². The molecule has 2 aliphatic heterocycles. The summed E-state index contributed by atoms with van der Waals surface area (Å²) in [5.74, 6) is 0.757. The van der Waals surface area contributed by atoms with E-state index in [9.17, 15) is 0 Å².